The van der Waals surface area contributed by atoms with Gasteiger partial charge in [-0.05, 0) is 6.42 Å². The molecule has 1 amide bonds. The normalized spacial score (nSPS) is 11.2. The van der Waals surface area contributed by atoms with Crippen LogP contribution in [0.1, 0.15) is 41.8 Å². The Labute approximate surface area is 143 Å². The maximum absolute atomic E-state index is 12.3. The molecule has 2 heterocycles. The van der Waals surface area contributed by atoms with Crippen LogP contribution in [0.15, 0.2) is 10.5 Å². The van der Waals surface area contributed by atoms with Crippen molar-refractivity contribution in [1.82, 2.24) is 20.1 Å². The molecule has 0 unspecified atom stereocenters. The first-order valence-electron chi connectivity index (χ1n) is 7.03. The van der Waals surface area contributed by atoms with E-state index in [2.05, 4.69) is 29.2 Å². The molecule has 8 heteroatoms. The first kappa shape index (κ1) is 17.3. The van der Waals surface area contributed by atoms with E-state index in [1.54, 1.807) is 36.3 Å². The minimum atomic E-state index is -0.217. The summed E-state index contributed by atoms with van der Waals surface area (Å²) in [5.74, 6) is -0.217. The van der Waals surface area contributed by atoms with Crippen molar-refractivity contribution in [2.75, 3.05) is 0 Å². The lowest BCUT2D eigenvalue weighted by Crippen LogP contribution is -2.25. The number of thioether (sulfide) groups is 1. The molecule has 22 heavy (non-hydrogen) atoms. The second-order valence-corrected chi connectivity index (χ2v) is 8.35. The smallest absolute Gasteiger partial charge is 0.271 e. The maximum Gasteiger partial charge on any atom is 0.271 e. The quantitative estimate of drug-likeness (QED) is 0.802. The van der Waals surface area contributed by atoms with E-state index >= 15 is 0 Å². The van der Waals surface area contributed by atoms with Crippen molar-refractivity contribution in [1.29, 1.82) is 0 Å². The van der Waals surface area contributed by atoms with Crippen LogP contribution in [0, 0.1) is 0 Å². The molecule has 0 radical (unpaired) electrons. The van der Waals surface area contributed by atoms with Crippen LogP contribution in [0.5, 0.6) is 0 Å². The SMILES string of the molecule is CCc1nn(C)c(C(=O)NCc2cnc(SC(C)C)s2)c1Cl. The number of rotatable bonds is 6. The highest BCUT2D eigenvalue weighted by molar-refractivity contribution is 8.01. The molecule has 0 saturated heterocycles. The summed E-state index contributed by atoms with van der Waals surface area (Å²) < 4.78 is 2.55. The van der Waals surface area contributed by atoms with Crippen LogP contribution in [0.2, 0.25) is 5.02 Å². The van der Waals surface area contributed by atoms with Gasteiger partial charge in [-0.3, -0.25) is 9.48 Å². The summed E-state index contributed by atoms with van der Waals surface area (Å²) in [5.41, 5.74) is 1.14. The molecule has 0 bridgehead atoms. The van der Waals surface area contributed by atoms with Crippen molar-refractivity contribution in [2.24, 2.45) is 7.05 Å². The molecule has 0 aromatic carbocycles. The molecular formula is C14H19ClN4OS2. The zero-order chi connectivity index (χ0) is 16.3. The van der Waals surface area contributed by atoms with Crippen molar-refractivity contribution in [3.05, 3.63) is 27.5 Å². The van der Waals surface area contributed by atoms with Gasteiger partial charge in [0.15, 0.2) is 0 Å². The summed E-state index contributed by atoms with van der Waals surface area (Å²) in [6.45, 7) is 6.66. The molecule has 2 aromatic heterocycles. The molecule has 0 aliphatic carbocycles. The van der Waals surface area contributed by atoms with Gasteiger partial charge in [-0.25, -0.2) is 4.98 Å². The summed E-state index contributed by atoms with van der Waals surface area (Å²) in [6, 6.07) is 0. The lowest BCUT2D eigenvalue weighted by molar-refractivity contribution is 0.0942. The van der Waals surface area contributed by atoms with E-state index in [0.717, 1.165) is 14.9 Å². The largest absolute Gasteiger partial charge is 0.346 e. The average molecular weight is 359 g/mol. The molecule has 0 atom stereocenters. The number of nitrogens with one attached hydrogen (secondary N) is 1. The number of aromatic nitrogens is 3. The summed E-state index contributed by atoms with van der Waals surface area (Å²) >= 11 is 9.53. The Bertz CT molecular complexity index is 666. The first-order chi connectivity index (χ1) is 10.4. The third-order valence-electron chi connectivity index (χ3n) is 2.90. The number of hydrogen-bond donors (Lipinski definition) is 1. The van der Waals surface area contributed by atoms with Crippen LogP contribution in [0.3, 0.4) is 0 Å². The van der Waals surface area contributed by atoms with Gasteiger partial charge in [-0.1, -0.05) is 44.1 Å². The molecule has 2 aromatic rings. The number of halogens is 1. The molecular weight excluding hydrogens is 340 g/mol. The van der Waals surface area contributed by atoms with Crippen molar-refractivity contribution < 1.29 is 4.79 Å². The van der Waals surface area contributed by atoms with Crippen molar-refractivity contribution in [3.63, 3.8) is 0 Å². The van der Waals surface area contributed by atoms with Gasteiger partial charge in [-0.15, -0.1) is 11.3 Å². The summed E-state index contributed by atoms with van der Waals surface area (Å²) in [6.07, 6.45) is 2.50. The summed E-state index contributed by atoms with van der Waals surface area (Å²) in [7, 11) is 1.73. The van der Waals surface area contributed by atoms with Crippen LogP contribution < -0.4 is 5.32 Å². The fraction of sp³-hybridized carbons (Fsp3) is 0.500. The predicted molar refractivity (Wildman–Crippen MR) is 91.9 cm³/mol. The van der Waals surface area contributed by atoms with Crippen LogP contribution in [-0.2, 0) is 20.0 Å². The van der Waals surface area contributed by atoms with Gasteiger partial charge >= 0.3 is 0 Å². The molecule has 120 valence electrons. The Hall–Kier alpha value is -1.05. The third-order valence-corrected chi connectivity index (χ3v) is 5.40. The molecule has 0 saturated carbocycles. The van der Waals surface area contributed by atoms with Gasteiger partial charge in [0.05, 0.1) is 17.3 Å². The van der Waals surface area contributed by atoms with Crippen LogP contribution in [0.25, 0.3) is 0 Å². The highest BCUT2D eigenvalue weighted by atomic mass is 35.5. The van der Waals surface area contributed by atoms with Crippen molar-refractivity contribution >= 4 is 40.6 Å². The fourth-order valence-electron chi connectivity index (χ4n) is 1.90. The lowest BCUT2D eigenvalue weighted by atomic mass is 10.3. The first-order valence-corrected chi connectivity index (χ1v) is 9.10. The minimum absolute atomic E-state index is 0.217. The van der Waals surface area contributed by atoms with E-state index in [9.17, 15) is 4.79 Å². The van der Waals surface area contributed by atoms with Crippen LogP contribution in [-0.4, -0.2) is 25.9 Å². The lowest BCUT2D eigenvalue weighted by Gasteiger charge is -2.04. The summed E-state index contributed by atoms with van der Waals surface area (Å²) in [4.78, 5) is 17.7. The highest BCUT2D eigenvalue weighted by Crippen LogP contribution is 2.27. The standard InChI is InChI=1S/C14H19ClN4OS2/c1-5-10-11(15)12(19(4)18-10)13(20)16-6-9-7-17-14(22-9)21-8(2)3/h7-8H,5-6H2,1-4H3,(H,16,20). The van der Waals surface area contributed by atoms with Gasteiger partial charge in [0.1, 0.15) is 10.0 Å². The highest BCUT2D eigenvalue weighted by Gasteiger charge is 2.19. The van der Waals surface area contributed by atoms with E-state index in [1.165, 1.54) is 4.68 Å². The maximum atomic E-state index is 12.3. The predicted octanol–water partition coefficient (Wildman–Crippen LogP) is 3.52. The monoisotopic (exact) mass is 358 g/mol. The molecule has 5 nitrogen and oxygen atoms in total. The molecule has 0 aliphatic heterocycles. The molecule has 0 fully saturated rings. The Morgan fingerprint density at radius 3 is 2.86 bits per heavy atom. The van der Waals surface area contributed by atoms with Crippen LogP contribution in [0.4, 0.5) is 0 Å². The molecule has 2 rings (SSSR count). The second-order valence-electron chi connectivity index (χ2n) is 5.03. The zero-order valence-corrected chi connectivity index (χ0v) is 15.4. The molecule has 0 aliphatic rings. The molecule has 0 spiro atoms. The number of aryl methyl sites for hydroxylation is 2. The van der Waals surface area contributed by atoms with Gasteiger partial charge in [0, 0.05) is 23.4 Å². The Kier molecular flexibility index (Phi) is 5.88. The van der Waals surface area contributed by atoms with E-state index in [4.69, 9.17) is 11.6 Å². The average Bonchev–Trinajstić information content (AvgIpc) is 3.00. The second kappa shape index (κ2) is 7.48. The number of thiazole rings is 1. The van der Waals surface area contributed by atoms with Crippen molar-refractivity contribution in [2.45, 2.75) is 43.3 Å². The van der Waals surface area contributed by atoms with Gasteiger partial charge in [-0.2, -0.15) is 5.10 Å². The Morgan fingerprint density at radius 1 is 1.55 bits per heavy atom. The van der Waals surface area contributed by atoms with E-state index in [1.807, 2.05) is 6.92 Å². The Morgan fingerprint density at radius 2 is 2.27 bits per heavy atom. The number of amides is 1. The molecule has 1 N–H and O–H groups in total. The van der Waals surface area contributed by atoms with Crippen LogP contribution >= 0.6 is 34.7 Å². The summed E-state index contributed by atoms with van der Waals surface area (Å²) in [5, 5.41) is 8.06. The topological polar surface area (TPSA) is 59.8 Å². The number of carbonyl (C=O) groups is 1. The van der Waals surface area contributed by atoms with Gasteiger partial charge in [0.2, 0.25) is 0 Å². The fourth-order valence-corrected chi connectivity index (χ4v) is 4.47. The van der Waals surface area contributed by atoms with E-state index in [-0.39, 0.29) is 5.91 Å². The number of carbonyl (C=O) groups excluding carboxylic acids is 1. The zero-order valence-electron chi connectivity index (χ0n) is 13.0. The van der Waals surface area contributed by atoms with Gasteiger partial charge in [0.25, 0.3) is 5.91 Å². The number of hydrogen-bond acceptors (Lipinski definition) is 5. The Balaban J connectivity index is 2.01. The third kappa shape index (κ3) is 4.02. The van der Waals surface area contributed by atoms with E-state index < -0.39 is 0 Å². The van der Waals surface area contributed by atoms with Gasteiger partial charge < -0.3 is 5.32 Å². The van der Waals surface area contributed by atoms with Crippen molar-refractivity contribution in [3.8, 4) is 0 Å². The minimum Gasteiger partial charge on any atom is -0.346 e. The van der Waals surface area contributed by atoms with E-state index in [0.29, 0.717) is 28.9 Å². The number of nitrogens with zero attached hydrogens (tertiary/aromatic N) is 3.